The molecule has 0 aliphatic carbocycles. The molecular weight excluding hydrogens is 360 g/mol. The summed E-state index contributed by atoms with van der Waals surface area (Å²) in [6.45, 7) is -0.608. The van der Waals surface area contributed by atoms with Crippen LogP contribution in [0.5, 0.6) is 11.5 Å². The highest BCUT2D eigenvalue weighted by Gasteiger charge is 2.15. The summed E-state index contributed by atoms with van der Waals surface area (Å²) >= 11 is 0. The normalized spacial score (nSPS) is 10.8. The molecule has 0 spiro atoms. The highest BCUT2D eigenvalue weighted by molar-refractivity contribution is 6.02. The number of ether oxygens (including phenoxy) is 2. The summed E-state index contributed by atoms with van der Waals surface area (Å²) in [5.74, 6) is 0.202. The molecule has 0 atom stereocenters. The summed E-state index contributed by atoms with van der Waals surface area (Å²) in [4.78, 5) is 12.3. The summed E-state index contributed by atoms with van der Waals surface area (Å²) in [6.07, 6.45) is 3.43. The molecule has 1 amide bonds. The first-order valence-electron chi connectivity index (χ1n) is 8.14. The number of rotatable bonds is 8. The van der Waals surface area contributed by atoms with Gasteiger partial charge < -0.3 is 19.2 Å². The molecule has 1 N–H and O–H groups in total. The monoisotopic (exact) mass is 377 g/mol. The molecule has 0 aliphatic rings. The van der Waals surface area contributed by atoms with Gasteiger partial charge in [-0.1, -0.05) is 0 Å². The lowest BCUT2D eigenvalue weighted by Gasteiger charge is -2.13. The van der Waals surface area contributed by atoms with Crippen molar-refractivity contribution in [2.75, 3.05) is 11.9 Å². The number of benzene rings is 1. The van der Waals surface area contributed by atoms with Crippen LogP contribution in [0.15, 0.2) is 53.2 Å². The van der Waals surface area contributed by atoms with Crippen molar-refractivity contribution in [3.05, 3.63) is 60.3 Å². The van der Waals surface area contributed by atoms with Crippen LogP contribution in [0.3, 0.4) is 0 Å². The van der Waals surface area contributed by atoms with Gasteiger partial charge in [-0.2, -0.15) is 13.9 Å². The smallest absolute Gasteiger partial charge is 0.387 e. The number of nitrogens with zero attached hydrogens (tertiary/aromatic N) is 2. The van der Waals surface area contributed by atoms with Crippen LogP contribution in [0.2, 0.25) is 0 Å². The lowest BCUT2D eigenvalue weighted by atomic mass is 10.2. The van der Waals surface area contributed by atoms with Crippen LogP contribution in [0, 0.1) is 0 Å². The Morgan fingerprint density at radius 1 is 1.30 bits per heavy atom. The molecule has 1 aromatic carbocycles. The minimum Gasteiger partial charge on any atom is -0.490 e. The van der Waals surface area contributed by atoms with Gasteiger partial charge in [-0.25, -0.2) is 0 Å². The lowest BCUT2D eigenvalue weighted by Crippen LogP contribution is -2.11. The third-order valence-electron chi connectivity index (χ3n) is 3.48. The Morgan fingerprint density at radius 2 is 2.15 bits per heavy atom. The molecule has 0 bridgehead atoms. The van der Waals surface area contributed by atoms with Crippen molar-refractivity contribution in [2.45, 2.75) is 20.1 Å². The Hall–Kier alpha value is -3.36. The fourth-order valence-electron chi connectivity index (χ4n) is 2.38. The molecule has 0 saturated carbocycles. The zero-order chi connectivity index (χ0) is 19.2. The van der Waals surface area contributed by atoms with E-state index in [0.29, 0.717) is 18.0 Å². The molecule has 0 aliphatic heterocycles. The fraction of sp³-hybridized carbons (Fsp3) is 0.222. The van der Waals surface area contributed by atoms with E-state index in [2.05, 4.69) is 15.2 Å². The van der Waals surface area contributed by atoms with Crippen LogP contribution in [-0.2, 0) is 6.54 Å². The van der Waals surface area contributed by atoms with E-state index in [-0.39, 0.29) is 23.9 Å². The van der Waals surface area contributed by atoms with E-state index in [1.807, 2.05) is 0 Å². The summed E-state index contributed by atoms with van der Waals surface area (Å²) in [5, 5.41) is 6.70. The van der Waals surface area contributed by atoms with Gasteiger partial charge in [0.1, 0.15) is 5.76 Å². The Balaban J connectivity index is 1.70. The number of anilines is 1. The zero-order valence-corrected chi connectivity index (χ0v) is 14.4. The predicted molar refractivity (Wildman–Crippen MR) is 92.2 cm³/mol. The highest BCUT2D eigenvalue weighted by atomic mass is 19.3. The number of halogens is 2. The van der Waals surface area contributed by atoms with Gasteiger partial charge >= 0.3 is 6.61 Å². The summed E-state index contributed by atoms with van der Waals surface area (Å²) in [6, 6.07) is 9.16. The number of hydrogen-bond donors (Lipinski definition) is 1. The minimum absolute atomic E-state index is 0.106. The standard InChI is InChI=1S/C18H17F2N3O4/c1-2-25-16-10-12(4-6-14(16)27-18(19)20)22-17(24)15-7-5-13(26-15)11-23-9-3-8-21-23/h3-10,18H,2,11H2,1H3,(H,22,24). The maximum Gasteiger partial charge on any atom is 0.387 e. The lowest BCUT2D eigenvalue weighted by molar-refractivity contribution is -0.0514. The van der Waals surface area contributed by atoms with Gasteiger partial charge in [0.15, 0.2) is 17.3 Å². The van der Waals surface area contributed by atoms with Crippen molar-refractivity contribution in [1.29, 1.82) is 0 Å². The van der Waals surface area contributed by atoms with Gasteiger partial charge in [0.05, 0.1) is 13.2 Å². The molecule has 142 valence electrons. The molecule has 0 radical (unpaired) electrons. The van der Waals surface area contributed by atoms with Crippen molar-refractivity contribution in [1.82, 2.24) is 9.78 Å². The van der Waals surface area contributed by atoms with Gasteiger partial charge in [0.25, 0.3) is 5.91 Å². The third kappa shape index (κ3) is 4.84. The molecule has 7 nitrogen and oxygen atoms in total. The fourth-order valence-corrected chi connectivity index (χ4v) is 2.38. The van der Waals surface area contributed by atoms with Crippen molar-refractivity contribution < 1.29 is 27.5 Å². The predicted octanol–water partition coefficient (Wildman–Crippen LogP) is 3.78. The molecule has 2 heterocycles. The van der Waals surface area contributed by atoms with Gasteiger partial charge in [-0.05, 0) is 37.3 Å². The quantitative estimate of drug-likeness (QED) is 0.646. The largest absolute Gasteiger partial charge is 0.490 e. The Bertz CT molecular complexity index is 894. The van der Waals surface area contributed by atoms with E-state index < -0.39 is 12.5 Å². The molecule has 0 saturated heterocycles. The van der Waals surface area contributed by atoms with E-state index in [1.165, 1.54) is 18.2 Å². The average molecular weight is 377 g/mol. The number of amides is 1. The van der Waals surface area contributed by atoms with Crippen LogP contribution in [0.25, 0.3) is 0 Å². The van der Waals surface area contributed by atoms with Gasteiger partial charge in [0.2, 0.25) is 0 Å². The summed E-state index contributed by atoms with van der Waals surface area (Å²) in [7, 11) is 0. The van der Waals surface area contributed by atoms with Gasteiger partial charge in [0, 0.05) is 24.1 Å². The highest BCUT2D eigenvalue weighted by Crippen LogP contribution is 2.32. The minimum atomic E-state index is -2.97. The van der Waals surface area contributed by atoms with Crippen LogP contribution in [0.4, 0.5) is 14.5 Å². The van der Waals surface area contributed by atoms with Crippen LogP contribution in [-0.4, -0.2) is 28.9 Å². The average Bonchev–Trinajstić information content (AvgIpc) is 3.29. The number of carbonyl (C=O) groups excluding carboxylic acids is 1. The Labute approximate surface area is 153 Å². The van der Waals surface area contributed by atoms with Gasteiger partial charge in [-0.15, -0.1) is 0 Å². The number of furan rings is 1. The maximum atomic E-state index is 12.4. The molecule has 3 aromatic rings. The van der Waals surface area contributed by atoms with E-state index in [4.69, 9.17) is 9.15 Å². The summed E-state index contributed by atoms with van der Waals surface area (Å²) in [5.41, 5.74) is 0.357. The SMILES string of the molecule is CCOc1cc(NC(=O)c2ccc(Cn3cccn3)o2)ccc1OC(F)F. The third-order valence-corrected chi connectivity index (χ3v) is 3.48. The van der Waals surface area contributed by atoms with Crippen molar-refractivity contribution in [3.63, 3.8) is 0 Å². The van der Waals surface area contributed by atoms with Crippen LogP contribution < -0.4 is 14.8 Å². The van der Waals surface area contributed by atoms with E-state index in [9.17, 15) is 13.6 Å². The second kappa shape index (κ2) is 8.35. The van der Waals surface area contributed by atoms with Crippen LogP contribution in [0.1, 0.15) is 23.2 Å². The van der Waals surface area contributed by atoms with Crippen LogP contribution >= 0.6 is 0 Å². The van der Waals surface area contributed by atoms with Crippen molar-refractivity contribution >= 4 is 11.6 Å². The van der Waals surface area contributed by atoms with E-state index in [0.717, 1.165) is 0 Å². The number of nitrogens with one attached hydrogen (secondary N) is 1. The summed E-state index contributed by atoms with van der Waals surface area (Å²) < 4.78 is 41.8. The molecular formula is C18H17F2N3O4. The number of carbonyl (C=O) groups is 1. The molecule has 0 fully saturated rings. The van der Waals surface area contributed by atoms with Crippen molar-refractivity contribution in [3.8, 4) is 11.5 Å². The first-order chi connectivity index (χ1) is 13.0. The second-order valence-electron chi connectivity index (χ2n) is 5.40. The zero-order valence-electron chi connectivity index (χ0n) is 14.4. The number of alkyl halides is 2. The molecule has 0 unspecified atom stereocenters. The maximum absolute atomic E-state index is 12.4. The van der Waals surface area contributed by atoms with Crippen molar-refractivity contribution in [2.24, 2.45) is 0 Å². The molecule has 3 rings (SSSR count). The Kier molecular flexibility index (Phi) is 5.70. The number of hydrogen-bond acceptors (Lipinski definition) is 5. The van der Waals surface area contributed by atoms with E-state index in [1.54, 1.807) is 42.2 Å². The molecule has 27 heavy (non-hydrogen) atoms. The Morgan fingerprint density at radius 3 is 2.85 bits per heavy atom. The topological polar surface area (TPSA) is 78.5 Å². The van der Waals surface area contributed by atoms with Gasteiger partial charge in [-0.3, -0.25) is 9.48 Å². The first kappa shape index (κ1) is 18.4. The van der Waals surface area contributed by atoms with E-state index >= 15 is 0 Å². The first-order valence-corrected chi connectivity index (χ1v) is 8.14. The number of aromatic nitrogens is 2. The molecule has 9 heteroatoms. The second-order valence-corrected chi connectivity index (χ2v) is 5.40. The molecule has 2 aromatic heterocycles.